The van der Waals surface area contributed by atoms with Gasteiger partial charge in [0.25, 0.3) is 0 Å². The fourth-order valence-electron chi connectivity index (χ4n) is 0.803. The topological polar surface area (TPSA) is 129 Å². The number of hydrogen-bond donors (Lipinski definition) is 4. The van der Waals surface area contributed by atoms with Crippen LogP contribution in [0.3, 0.4) is 0 Å². The van der Waals surface area contributed by atoms with Crippen molar-refractivity contribution in [1.82, 2.24) is 0 Å². The summed E-state index contributed by atoms with van der Waals surface area (Å²) in [6, 6.07) is 0. The monoisotopic (exact) mass is 264 g/mol. The van der Waals surface area contributed by atoms with Crippen molar-refractivity contribution in [3.05, 3.63) is 0 Å². The highest BCUT2D eigenvalue weighted by molar-refractivity contribution is 8.02. The largest absolute Gasteiger partial charge is 0.386 e. The maximum Gasteiger partial charge on any atom is 0.185 e. The molecule has 8 heteroatoms. The van der Waals surface area contributed by atoms with Gasteiger partial charge in [0, 0.05) is 29.4 Å². The molecule has 0 aliphatic heterocycles. The number of amidine groups is 1. The smallest absolute Gasteiger partial charge is 0.185 e. The van der Waals surface area contributed by atoms with Gasteiger partial charge in [0.1, 0.15) is 5.84 Å². The minimum Gasteiger partial charge on any atom is -0.386 e. The van der Waals surface area contributed by atoms with E-state index in [1.54, 1.807) is 0 Å². The fourth-order valence-corrected chi connectivity index (χ4v) is 2.73. The van der Waals surface area contributed by atoms with Gasteiger partial charge < -0.3 is 23.0 Å². The molecule has 8 N–H and O–H groups in total. The Bertz CT molecular complexity index is 227. The predicted octanol–water partition coefficient (Wildman–Crippen LogP) is -0.653. The van der Waals surface area contributed by atoms with Crippen LogP contribution in [0, 0.1) is 0 Å². The predicted molar refractivity (Wildman–Crippen MR) is 75.8 cm³/mol. The molecule has 0 rings (SSSR count). The Hall–Kier alpha value is -0.760. The van der Waals surface area contributed by atoms with Crippen molar-refractivity contribution in [2.75, 3.05) is 29.6 Å². The summed E-state index contributed by atoms with van der Waals surface area (Å²) in [6.07, 6.45) is 0.750. The summed E-state index contributed by atoms with van der Waals surface area (Å²) in [6.45, 7) is 0.685. The highest BCUT2D eigenvalue weighted by Gasteiger charge is 1.94. The Labute approximate surface area is 105 Å². The molecule has 0 spiro atoms. The van der Waals surface area contributed by atoms with Crippen molar-refractivity contribution in [2.45, 2.75) is 6.42 Å². The second kappa shape index (κ2) is 10.7. The summed E-state index contributed by atoms with van der Waals surface area (Å²) in [5.74, 6) is 9.76. The molecule has 0 heterocycles. The van der Waals surface area contributed by atoms with E-state index < -0.39 is 0 Å². The van der Waals surface area contributed by atoms with E-state index in [4.69, 9.17) is 23.0 Å². The second-order valence-electron chi connectivity index (χ2n) is 2.90. The molecule has 94 valence electrons. The zero-order chi connectivity index (χ0) is 12.2. The molecule has 0 amide bonds. The summed E-state index contributed by atoms with van der Waals surface area (Å²) in [5, 5.41) is 3.40. The van der Waals surface area contributed by atoms with Crippen LogP contribution in [-0.2, 0) is 0 Å². The van der Waals surface area contributed by atoms with Crippen LogP contribution < -0.4 is 23.0 Å². The Morgan fingerprint density at radius 2 is 1.56 bits per heavy atom. The highest BCUT2D eigenvalue weighted by Crippen LogP contribution is 2.07. The normalized spacial score (nSPS) is 11.4. The molecule has 0 fully saturated rings. The average Bonchev–Trinajstić information content (AvgIpc) is 2.26. The van der Waals surface area contributed by atoms with Gasteiger partial charge in [-0.25, -0.2) is 0 Å². The maximum absolute atomic E-state index is 5.45. The van der Waals surface area contributed by atoms with Crippen LogP contribution in [0.1, 0.15) is 6.42 Å². The lowest BCUT2D eigenvalue weighted by Gasteiger charge is -2.01. The van der Waals surface area contributed by atoms with Crippen LogP contribution in [0.25, 0.3) is 0 Å². The number of guanidine groups is 1. The number of nitrogens with two attached hydrogens (primary N) is 4. The third kappa shape index (κ3) is 11.3. The van der Waals surface area contributed by atoms with Gasteiger partial charge in [0.15, 0.2) is 5.96 Å². The van der Waals surface area contributed by atoms with Gasteiger partial charge >= 0.3 is 0 Å². The number of rotatable bonds is 9. The fraction of sp³-hybridized carbons (Fsp3) is 0.750. The third-order valence-corrected chi connectivity index (χ3v) is 3.78. The number of nitrogens with zero attached hydrogens (tertiary/aromatic N) is 2. The van der Waals surface area contributed by atoms with Gasteiger partial charge in [-0.2, -0.15) is 28.6 Å². The molecule has 0 unspecified atom stereocenters. The van der Waals surface area contributed by atoms with Crippen LogP contribution in [0.5, 0.6) is 0 Å². The highest BCUT2D eigenvalue weighted by atomic mass is 32.2. The molecule has 0 aromatic heterocycles. The zero-order valence-corrected chi connectivity index (χ0v) is 10.9. The van der Waals surface area contributed by atoms with Crippen LogP contribution in [-0.4, -0.2) is 41.4 Å². The second-order valence-corrected chi connectivity index (χ2v) is 5.35. The van der Waals surface area contributed by atoms with Gasteiger partial charge in [-0.1, -0.05) is 0 Å². The lowest BCUT2D eigenvalue weighted by molar-refractivity contribution is 1.12. The molecule has 0 aromatic carbocycles. The van der Waals surface area contributed by atoms with Crippen molar-refractivity contribution in [1.29, 1.82) is 0 Å². The summed E-state index contributed by atoms with van der Waals surface area (Å²) in [4.78, 5) is 3.89. The average molecular weight is 264 g/mol. The SMILES string of the molecule is NN=C(N)CCSCCSCCN=C(N)N. The molecule has 0 aliphatic carbocycles. The van der Waals surface area contributed by atoms with Crippen molar-refractivity contribution in [3.8, 4) is 0 Å². The molecule has 0 radical (unpaired) electrons. The maximum atomic E-state index is 5.45. The lowest BCUT2D eigenvalue weighted by atomic mass is 10.5. The summed E-state index contributed by atoms with van der Waals surface area (Å²) < 4.78 is 0. The first-order valence-electron chi connectivity index (χ1n) is 4.90. The lowest BCUT2D eigenvalue weighted by Crippen LogP contribution is -2.23. The van der Waals surface area contributed by atoms with Crippen LogP contribution in [0.2, 0.25) is 0 Å². The molecule has 0 bridgehead atoms. The summed E-state index contributed by atoms with van der Waals surface area (Å²) in [7, 11) is 0. The van der Waals surface area contributed by atoms with Gasteiger partial charge in [-0.3, -0.25) is 4.99 Å². The van der Waals surface area contributed by atoms with Crippen LogP contribution in [0.4, 0.5) is 0 Å². The van der Waals surface area contributed by atoms with Crippen molar-refractivity contribution in [2.24, 2.45) is 33.1 Å². The van der Waals surface area contributed by atoms with Crippen molar-refractivity contribution in [3.63, 3.8) is 0 Å². The molecule has 0 saturated heterocycles. The summed E-state index contributed by atoms with van der Waals surface area (Å²) in [5.41, 5.74) is 15.8. The molecule has 16 heavy (non-hydrogen) atoms. The number of hydrogen-bond acceptors (Lipinski definition) is 5. The minimum atomic E-state index is 0.159. The zero-order valence-electron chi connectivity index (χ0n) is 9.26. The van der Waals surface area contributed by atoms with E-state index in [0.29, 0.717) is 12.4 Å². The molecule has 0 aliphatic rings. The molecule has 0 atom stereocenters. The van der Waals surface area contributed by atoms with Gasteiger partial charge in [-0.15, -0.1) is 0 Å². The standard InChI is InChI=1S/C8H20N6S2/c9-7(14-12)1-3-15-5-6-16-4-2-13-8(10)11/h1-6,12H2,(H2,9,14)(H4,10,11,13). The summed E-state index contributed by atoms with van der Waals surface area (Å²) >= 11 is 3.67. The van der Waals surface area contributed by atoms with Gasteiger partial charge in [-0.05, 0) is 0 Å². The Morgan fingerprint density at radius 3 is 2.12 bits per heavy atom. The number of thioether (sulfide) groups is 2. The quantitative estimate of drug-likeness (QED) is 0.144. The van der Waals surface area contributed by atoms with E-state index in [-0.39, 0.29) is 5.96 Å². The van der Waals surface area contributed by atoms with E-state index in [2.05, 4.69) is 10.1 Å². The Morgan fingerprint density at radius 1 is 0.938 bits per heavy atom. The van der Waals surface area contributed by atoms with E-state index in [1.165, 1.54) is 0 Å². The molecule has 0 saturated carbocycles. The molecule has 6 nitrogen and oxygen atoms in total. The first kappa shape index (κ1) is 15.2. The van der Waals surface area contributed by atoms with E-state index >= 15 is 0 Å². The first-order valence-corrected chi connectivity index (χ1v) is 7.21. The number of aliphatic imine (C=N–C) groups is 1. The van der Waals surface area contributed by atoms with E-state index in [9.17, 15) is 0 Å². The Kier molecular flexibility index (Phi) is 10.2. The van der Waals surface area contributed by atoms with Crippen LogP contribution >= 0.6 is 23.5 Å². The third-order valence-electron chi connectivity index (χ3n) is 1.57. The minimum absolute atomic E-state index is 0.159. The Balaban J connectivity index is 3.13. The van der Waals surface area contributed by atoms with Crippen LogP contribution in [0.15, 0.2) is 10.1 Å². The van der Waals surface area contributed by atoms with E-state index in [1.807, 2.05) is 23.5 Å². The van der Waals surface area contributed by atoms with Gasteiger partial charge in [0.05, 0.1) is 6.54 Å². The van der Waals surface area contributed by atoms with E-state index in [0.717, 1.165) is 29.4 Å². The number of hydrazone groups is 1. The van der Waals surface area contributed by atoms with Gasteiger partial charge in [0.2, 0.25) is 0 Å². The first-order chi connectivity index (χ1) is 7.66. The molecular formula is C8H20N6S2. The molecular weight excluding hydrogens is 244 g/mol. The van der Waals surface area contributed by atoms with Crippen molar-refractivity contribution >= 4 is 35.3 Å². The molecule has 0 aromatic rings. The van der Waals surface area contributed by atoms with Crippen molar-refractivity contribution < 1.29 is 0 Å².